The maximum atomic E-state index is 11.3. The van der Waals surface area contributed by atoms with E-state index in [1.165, 1.54) is 0 Å². The van der Waals surface area contributed by atoms with Crippen molar-refractivity contribution in [3.8, 4) is 0 Å². The third-order valence-corrected chi connectivity index (χ3v) is 3.71. The van der Waals surface area contributed by atoms with Gasteiger partial charge in [0.25, 0.3) is 0 Å². The molecule has 0 aromatic carbocycles. The van der Waals surface area contributed by atoms with E-state index in [1.807, 2.05) is 13.8 Å². The van der Waals surface area contributed by atoms with Crippen molar-refractivity contribution in [3.63, 3.8) is 0 Å². The van der Waals surface area contributed by atoms with Crippen LogP contribution in [0.15, 0.2) is 0 Å². The van der Waals surface area contributed by atoms with Gasteiger partial charge in [0.2, 0.25) is 10.0 Å². The number of nitrogens with zero attached hydrogens (tertiary/aromatic N) is 1. The quantitative estimate of drug-likeness (QED) is 0.641. The summed E-state index contributed by atoms with van der Waals surface area (Å²) in [6.07, 6.45) is 0. The summed E-state index contributed by atoms with van der Waals surface area (Å²) in [6, 6.07) is -0.00134. The van der Waals surface area contributed by atoms with Gasteiger partial charge in [-0.05, 0) is 27.7 Å². The van der Waals surface area contributed by atoms with Crippen LogP contribution in [0.4, 0.5) is 0 Å². The van der Waals surface area contributed by atoms with Gasteiger partial charge in [-0.3, -0.25) is 0 Å². The van der Waals surface area contributed by atoms with Crippen molar-refractivity contribution in [1.29, 1.82) is 0 Å². The van der Waals surface area contributed by atoms with E-state index in [1.54, 1.807) is 13.8 Å². The topological polar surface area (TPSA) is 69.6 Å². The van der Waals surface area contributed by atoms with Crippen molar-refractivity contribution in [3.05, 3.63) is 0 Å². The molecule has 0 saturated carbocycles. The molecular formula is C8H20N2O3S. The van der Waals surface area contributed by atoms with E-state index in [9.17, 15) is 13.6 Å². The molecule has 2 N–H and O–H groups in total. The van der Waals surface area contributed by atoms with Crippen molar-refractivity contribution in [1.82, 2.24) is 9.79 Å². The van der Waals surface area contributed by atoms with Gasteiger partial charge >= 0.3 is 0 Å². The zero-order chi connectivity index (χ0) is 11.4. The standard InChI is InChI=1S/C8H20N2O3S/c1-7(2)10(11)6-5-9-14(12,13)8(3)4/h7-9,11H,5-6H2,1-4H3. The van der Waals surface area contributed by atoms with Crippen molar-refractivity contribution in [2.45, 2.75) is 39.0 Å². The summed E-state index contributed by atoms with van der Waals surface area (Å²) in [4.78, 5) is 0. The largest absolute Gasteiger partial charge is 0.314 e. The third kappa shape index (κ3) is 4.90. The van der Waals surface area contributed by atoms with Crippen molar-refractivity contribution < 1.29 is 13.6 Å². The Kier molecular flexibility index (Phi) is 5.58. The minimum atomic E-state index is -3.21. The van der Waals surface area contributed by atoms with E-state index in [4.69, 9.17) is 0 Å². The van der Waals surface area contributed by atoms with E-state index in [0.29, 0.717) is 6.54 Å². The number of nitrogens with one attached hydrogen (secondary N) is 1. The minimum absolute atomic E-state index is 0.00134. The summed E-state index contributed by atoms with van der Waals surface area (Å²) >= 11 is 0. The van der Waals surface area contributed by atoms with Crippen LogP contribution in [-0.2, 0) is 10.0 Å². The predicted molar refractivity (Wildman–Crippen MR) is 55.7 cm³/mol. The van der Waals surface area contributed by atoms with Gasteiger partial charge in [0.05, 0.1) is 5.25 Å². The zero-order valence-electron chi connectivity index (χ0n) is 9.19. The SMILES string of the molecule is CC(C)N(O)CCNS(=O)(=O)C(C)C. The van der Waals surface area contributed by atoms with Gasteiger partial charge in [-0.25, -0.2) is 13.1 Å². The van der Waals surface area contributed by atoms with E-state index in [2.05, 4.69) is 4.72 Å². The van der Waals surface area contributed by atoms with Crippen LogP contribution in [0.25, 0.3) is 0 Å². The fourth-order valence-electron chi connectivity index (χ4n) is 0.727. The van der Waals surface area contributed by atoms with Gasteiger partial charge in [0.15, 0.2) is 0 Å². The highest BCUT2D eigenvalue weighted by atomic mass is 32.2. The maximum Gasteiger partial charge on any atom is 0.213 e. The number of rotatable bonds is 6. The van der Waals surface area contributed by atoms with Crippen molar-refractivity contribution in [2.75, 3.05) is 13.1 Å². The monoisotopic (exact) mass is 224 g/mol. The lowest BCUT2D eigenvalue weighted by Crippen LogP contribution is -2.38. The molecule has 0 aliphatic carbocycles. The fourth-order valence-corrected chi connectivity index (χ4v) is 1.44. The van der Waals surface area contributed by atoms with Crippen LogP contribution in [0.2, 0.25) is 0 Å². The summed E-state index contributed by atoms with van der Waals surface area (Å²) in [6.45, 7) is 7.41. The first kappa shape index (κ1) is 13.8. The van der Waals surface area contributed by atoms with Crippen LogP contribution < -0.4 is 4.72 Å². The molecule has 0 fully saturated rings. The van der Waals surface area contributed by atoms with Crippen LogP contribution in [0.3, 0.4) is 0 Å². The average Bonchev–Trinajstić information content (AvgIpc) is 2.03. The Hall–Kier alpha value is -0.170. The molecule has 0 heterocycles. The van der Waals surface area contributed by atoms with Crippen LogP contribution in [0, 0.1) is 0 Å². The summed E-state index contributed by atoms with van der Waals surface area (Å²) in [5.41, 5.74) is 0. The molecule has 0 radical (unpaired) electrons. The van der Waals surface area contributed by atoms with Gasteiger partial charge < -0.3 is 5.21 Å². The predicted octanol–water partition coefficient (Wildman–Crippen LogP) is 0.414. The minimum Gasteiger partial charge on any atom is -0.314 e. The molecular weight excluding hydrogens is 204 g/mol. The highest BCUT2D eigenvalue weighted by Gasteiger charge is 2.15. The Morgan fingerprint density at radius 1 is 1.29 bits per heavy atom. The number of sulfonamides is 1. The van der Waals surface area contributed by atoms with Crippen LogP contribution in [-0.4, -0.2) is 43.1 Å². The zero-order valence-corrected chi connectivity index (χ0v) is 10.0. The molecule has 0 saturated heterocycles. The molecule has 6 heteroatoms. The molecule has 0 bridgehead atoms. The first-order valence-corrected chi connectivity index (χ1v) is 6.26. The van der Waals surface area contributed by atoms with Gasteiger partial charge in [-0.15, -0.1) is 0 Å². The lowest BCUT2D eigenvalue weighted by Gasteiger charge is -2.19. The molecule has 0 spiro atoms. The van der Waals surface area contributed by atoms with Crippen molar-refractivity contribution >= 4 is 10.0 Å². The molecule has 0 aliphatic rings. The molecule has 0 aromatic heterocycles. The van der Waals surface area contributed by atoms with E-state index < -0.39 is 15.3 Å². The maximum absolute atomic E-state index is 11.3. The van der Waals surface area contributed by atoms with Crippen LogP contribution in [0.1, 0.15) is 27.7 Å². The Bertz CT molecular complexity index is 249. The van der Waals surface area contributed by atoms with Gasteiger partial charge in [-0.2, -0.15) is 5.06 Å². The number of hydroxylamine groups is 2. The summed E-state index contributed by atoms with van der Waals surface area (Å²) in [7, 11) is -3.21. The van der Waals surface area contributed by atoms with E-state index >= 15 is 0 Å². The first-order chi connectivity index (χ1) is 6.27. The summed E-state index contributed by atoms with van der Waals surface area (Å²) < 4.78 is 25.0. The smallest absolute Gasteiger partial charge is 0.213 e. The molecule has 0 aliphatic heterocycles. The Morgan fingerprint density at radius 3 is 2.14 bits per heavy atom. The second-order valence-electron chi connectivity index (χ2n) is 3.74. The summed E-state index contributed by atoms with van der Waals surface area (Å²) in [5.74, 6) is 0. The van der Waals surface area contributed by atoms with Crippen LogP contribution in [0.5, 0.6) is 0 Å². The molecule has 0 amide bonds. The van der Waals surface area contributed by atoms with E-state index in [0.717, 1.165) is 5.06 Å². The Balaban J connectivity index is 3.86. The Labute approximate surface area is 86.1 Å². The molecule has 0 rings (SSSR count). The normalized spacial score (nSPS) is 13.1. The second-order valence-corrected chi connectivity index (χ2v) is 6.07. The first-order valence-electron chi connectivity index (χ1n) is 4.71. The average molecular weight is 224 g/mol. The summed E-state index contributed by atoms with van der Waals surface area (Å²) in [5, 5.41) is 9.92. The fraction of sp³-hybridized carbons (Fsp3) is 1.00. The number of hydrogen-bond donors (Lipinski definition) is 2. The van der Waals surface area contributed by atoms with Gasteiger partial charge in [0, 0.05) is 19.1 Å². The third-order valence-electron chi connectivity index (χ3n) is 1.86. The van der Waals surface area contributed by atoms with Crippen molar-refractivity contribution in [2.24, 2.45) is 0 Å². The number of hydrogen-bond acceptors (Lipinski definition) is 4. The molecule has 86 valence electrons. The second kappa shape index (κ2) is 5.65. The van der Waals surface area contributed by atoms with Gasteiger partial charge in [-0.1, -0.05) is 0 Å². The van der Waals surface area contributed by atoms with E-state index in [-0.39, 0.29) is 12.6 Å². The van der Waals surface area contributed by atoms with Gasteiger partial charge in [0.1, 0.15) is 0 Å². The lowest BCUT2D eigenvalue weighted by molar-refractivity contribution is -0.114. The van der Waals surface area contributed by atoms with Crippen LogP contribution >= 0.6 is 0 Å². The highest BCUT2D eigenvalue weighted by Crippen LogP contribution is 1.96. The highest BCUT2D eigenvalue weighted by molar-refractivity contribution is 7.90. The molecule has 0 atom stereocenters. The molecule has 0 unspecified atom stereocenters. The lowest BCUT2D eigenvalue weighted by atomic mass is 10.4. The molecule has 0 aromatic rings. The molecule has 14 heavy (non-hydrogen) atoms. The molecule has 5 nitrogen and oxygen atoms in total. The Morgan fingerprint density at radius 2 is 1.79 bits per heavy atom.